The summed E-state index contributed by atoms with van der Waals surface area (Å²) in [6.45, 7) is 0. The second-order valence-corrected chi connectivity index (χ2v) is 6.68. The number of carboxylic acid groups (broad SMARTS) is 2. The molecule has 22 heavy (non-hydrogen) atoms. The highest BCUT2D eigenvalue weighted by molar-refractivity contribution is 5.88. The van der Waals surface area contributed by atoms with Gasteiger partial charge in [-0.15, -0.1) is 0 Å². The lowest BCUT2D eigenvalue weighted by Gasteiger charge is -2.39. The van der Waals surface area contributed by atoms with Gasteiger partial charge >= 0.3 is 11.9 Å². The first-order valence-corrected chi connectivity index (χ1v) is 7.73. The van der Waals surface area contributed by atoms with Crippen molar-refractivity contribution >= 4 is 11.9 Å². The van der Waals surface area contributed by atoms with Gasteiger partial charge in [0.1, 0.15) is 5.54 Å². The van der Waals surface area contributed by atoms with Crippen LogP contribution in [0.15, 0.2) is 30.3 Å². The summed E-state index contributed by atoms with van der Waals surface area (Å²) in [5.74, 6) is -3.34. The van der Waals surface area contributed by atoms with Gasteiger partial charge in [0.25, 0.3) is 0 Å². The van der Waals surface area contributed by atoms with Crippen molar-refractivity contribution in [2.24, 2.45) is 29.4 Å². The predicted molar refractivity (Wildman–Crippen MR) is 80.1 cm³/mol. The molecule has 5 atom stereocenters. The molecule has 0 aliphatic heterocycles. The van der Waals surface area contributed by atoms with E-state index in [1.165, 1.54) is 5.56 Å². The Hall–Kier alpha value is -1.88. The van der Waals surface area contributed by atoms with Crippen molar-refractivity contribution in [1.29, 1.82) is 0 Å². The van der Waals surface area contributed by atoms with Crippen molar-refractivity contribution in [1.82, 2.24) is 0 Å². The lowest BCUT2D eigenvalue weighted by molar-refractivity contribution is -0.159. The summed E-state index contributed by atoms with van der Waals surface area (Å²) in [7, 11) is 0. The molecule has 2 saturated carbocycles. The molecule has 1 unspecified atom stereocenters. The summed E-state index contributed by atoms with van der Waals surface area (Å²) in [4.78, 5) is 23.1. The standard InChI is InChI=1S/C17H21NO4/c18-17(16(21)22)13-9-12(14(17)15(19)20)8-11(13)7-6-10-4-2-1-3-5-10/h1-5,11-14H,6-9,18H2,(H,19,20)(H,21,22)/t11-,12+,13?,14-,17-/m1/s1. The molecule has 1 aromatic carbocycles. The number of aryl methyl sites for hydroxylation is 1. The maximum atomic E-state index is 11.7. The molecule has 0 saturated heterocycles. The summed E-state index contributed by atoms with van der Waals surface area (Å²) >= 11 is 0. The molecule has 4 N–H and O–H groups in total. The fourth-order valence-electron chi connectivity index (χ4n) is 4.66. The largest absolute Gasteiger partial charge is 0.481 e. The lowest BCUT2D eigenvalue weighted by Crippen LogP contribution is -2.62. The van der Waals surface area contributed by atoms with E-state index in [2.05, 4.69) is 12.1 Å². The Balaban J connectivity index is 1.75. The van der Waals surface area contributed by atoms with Gasteiger partial charge in [-0.25, -0.2) is 0 Å². The Morgan fingerprint density at radius 2 is 1.86 bits per heavy atom. The van der Waals surface area contributed by atoms with Crippen LogP contribution in [0.25, 0.3) is 0 Å². The van der Waals surface area contributed by atoms with E-state index in [1.54, 1.807) is 0 Å². The van der Waals surface area contributed by atoms with Gasteiger partial charge in [-0.05, 0) is 49.0 Å². The summed E-state index contributed by atoms with van der Waals surface area (Å²) in [5, 5.41) is 18.9. The van der Waals surface area contributed by atoms with Crippen molar-refractivity contribution < 1.29 is 19.8 Å². The summed E-state index contributed by atoms with van der Waals surface area (Å²) < 4.78 is 0. The maximum Gasteiger partial charge on any atom is 0.324 e. The third kappa shape index (κ3) is 2.20. The van der Waals surface area contributed by atoms with Crippen LogP contribution in [0.3, 0.4) is 0 Å². The molecule has 0 radical (unpaired) electrons. The van der Waals surface area contributed by atoms with Crippen molar-refractivity contribution in [3.63, 3.8) is 0 Å². The minimum Gasteiger partial charge on any atom is -0.481 e. The van der Waals surface area contributed by atoms with Crippen LogP contribution in [0.4, 0.5) is 0 Å². The molecular formula is C17H21NO4. The summed E-state index contributed by atoms with van der Waals surface area (Å²) in [6.07, 6.45) is 3.14. The Labute approximate surface area is 129 Å². The number of fused-ring (bicyclic) bond motifs is 2. The van der Waals surface area contributed by atoms with Crippen LogP contribution in [0.1, 0.15) is 24.8 Å². The Morgan fingerprint density at radius 3 is 2.45 bits per heavy atom. The quantitative estimate of drug-likeness (QED) is 0.769. The average molecular weight is 303 g/mol. The third-order valence-corrected chi connectivity index (χ3v) is 5.61. The number of benzene rings is 1. The van der Waals surface area contributed by atoms with Gasteiger partial charge in [0.05, 0.1) is 5.92 Å². The van der Waals surface area contributed by atoms with Gasteiger partial charge < -0.3 is 15.9 Å². The van der Waals surface area contributed by atoms with Crippen LogP contribution in [-0.2, 0) is 16.0 Å². The van der Waals surface area contributed by atoms with Crippen molar-refractivity contribution in [2.45, 2.75) is 31.2 Å². The van der Waals surface area contributed by atoms with E-state index in [-0.39, 0.29) is 17.8 Å². The number of hydrogen-bond acceptors (Lipinski definition) is 3. The van der Waals surface area contributed by atoms with Crippen LogP contribution >= 0.6 is 0 Å². The number of aliphatic carboxylic acids is 2. The highest BCUT2D eigenvalue weighted by Gasteiger charge is 2.66. The fraction of sp³-hybridized carbons (Fsp3) is 0.529. The third-order valence-electron chi connectivity index (χ3n) is 5.61. The molecule has 0 spiro atoms. The van der Waals surface area contributed by atoms with Crippen molar-refractivity contribution in [3.05, 3.63) is 35.9 Å². The number of rotatable bonds is 5. The highest BCUT2D eigenvalue weighted by atomic mass is 16.4. The molecule has 5 nitrogen and oxygen atoms in total. The Morgan fingerprint density at radius 1 is 1.18 bits per heavy atom. The normalized spacial score (nSPS) is 36.4. The van der Waals surface area contributed by atoms with Crippen molar-refractivity contribution in [2.75, 3.05) is 0 Å². The number of nitrogens with two attached hydrogens (primary N) is 1. The minimum atomic E-state index is -1.61. The van der Waals surface area contributed by atoms with E-state index in [4.69, 9.17) is 5.73 Å². The zero-order valence-electron chi connectivity index (χ0n) is 12.3. The van der Waals surface area contributed by atoms with E-state index >= 15 is 0 Å². The summed E-state index contributed by atoms with van der Waals surface area (Å²) in [5.41, 5.74) is 5.72. The van der Waals surface area contributed by atoms with Gasteiger partial charge in [0, 0.05) is 0 Å². The number of carbonyl (C=O) groups is 2. The zero-order chi connectivity index (χ0) is 15.9. The molecule has 2 fully saturated rings. The smallest absolute Gasteiger partial charge is 0.324 e. The maximum absolute atomic E-state index is 11.7. The fourth-order valence-corrected chi connectivity index (χ4v) is 4.66. The first-order chi connectivity index (χ1) is 10.4. The minimum absolute atomic E-state index is 0.107. The monoisotopic (exact) mass is 303 g/mol. The molecule has 0 amide bonds. The molecule has 1 aromatic rings. The van der Waals surface area contributed by atoms with Crippen LogP contribution in [0.5, 0.6) is 0 Å². The molecule has 5 heteroatoms. The first kappa shape index (κ1) is 15.0. The number of hydrogen-bond donors (Lipinski definition) is 3. The summed E-state index contributed by atoms with van der Waals surface area (Å²) in [6, 6.07) is 10.1. The van der Waals surface area contributed by atoms with E-state index in [9.17, 15) is 19.8 Å². The molecule has 2 bridgehead atoms. The van der Waals surface area contributed by atoms with E-state index in [0.717, 1.165) is 19.3 Å². The first-order valence-electron chi connectivity index (χ1n) is 7.73. The molecule has 3 rings (SSSR count). The van der Waals surface area contributed by atoms with E-state index in [0.29, 0.717) is 6.42 Å². The average Bonchev–Trinajstić information content (AvgIpc) is 3.02. The molecule has 0 aromatic heterocycles. The van der Waals surface area contributed by atoms with Crippen LogP contribution in [0.2, 0.25) is 0 Å². The van der Waals surface area contributed by atoms with Gasteiger partial charge in [-0.2, -0.15) is 0 Å². The highest BCUT2D eigenvalue weighted by Crippen LogP contribution is 2.57. The van der Waals surface area contributed by atoms with Gasteiger partial charge in [0.2, 0.25) is 0 Å². The molecule has 118 valence electrons. The Kier molecular flexibility index (Phi) is 3.68. The van der Waals surface area contributed by atoms with Gasteiger partial charge in [0.15, 0.2) is 0 Å². The lowest BCUT2D eigenvalue weighted by atomic mass is 9.67. The van der Waals surface area contributed by atoms with Crippen molar-refractivity contribution in [3.8, 4) is 0 Å². The predicted octanol–water partition coefficient (Wildman–Crippen LogP) is 1.76. The van der Waals surface area contributed by atoms with Gasteiger partial charge in [-0.1, -0.05) is 30.3 Å². The molecule has 0 heterocycles. The van der Waals surface area contributed by atoms with E-state index in [1.807, 2.05) is 18.2 Å². The Bertz CT molecular complexity index is 588. The molecule has 2 aliphatic carbocycles. The second-order valence-electron chi connectivity index (χ2n) is 6.68. The van der Waals surface area contributed by atoms with Crippen LogP contribution in [0, 0.1) is 23.7 Å². The molecule has 2 aliphatic rings. The van der Waals surface area contributed by atoms with E-state index < -0.39 is 23.4 Å². The van der Waals surface area contributed by atoms with Crippen LogP contribution < -0.4 is 5.73 Å². The van der Waals surface area contributed by atoms with Crippen LogP contribution in [-0.4, -0.2) is 27.7 Å². The molecular weight excluding hydrogens is 282 g/mol. The second kappa shape index (κ2) is 5.39. The SMILES string of the molecule is N[C@]1(C(=O)O)C2C[C@H](C[C@H]2CCc2ccccc2)[C@@H]1C(=O)O. The topological polar surface area (TPSA) is 101 Å². The zero-order valence-corrected chi connectivity index (χ0v) is 12.3. The van der Waals surface area contributed by atoms with Gasteiger partial charge in [-0.3, -0.25) is 9.59 Å². The number of carboxylic acids is 2.